The van der Waals surface area contributed by atoms with Gasteiger partial charge in [0.25, 0.3) is 0 Å². The van der Waals surface area contributed by atoms with Crippen LogP contribution in [0.3, 0.4) is 0 Å². The van der Waals surface area contributed by atoms with Gasteiger partial charge in [0, 0.05) is 24.8 Å². The zero-order valence-electron chi connectivity index (χ0n) is 7.83. The van der Waals surface area contributed by atoms with Crippen LogP contribution in [0.4, 0.5) is 5.69 Å². The average Bonchev–Trinajstić information content (AvgIpc) is 2.48. The lowest BCUT2D eigenvalue weighted by Crippen LogP contribution is -2.39. The number of nitrogens with two attached hydrogens (primary N) is 1. The predicted octanol–water partition coefficient (Wildman–Crippen LogP) is 0.809. The van der Waals surface area contributed by atoms with Crippen LogP contribution < -0.4 is 10.6 Å². The second-order valence-corrected chi connectivity index (χ2v) is 3.96. The molecule has 0 bridgehead atoms. The molecule has 1 aliphatic rings. The molecule has 1 saturated heterocycles. The van der Waals surface area contributed by atoms with Gasteiger partial charge in [0.15, 0.2) is 0 Å². The average molecular weight is 176 g/mol. The Labute approximate surface area is 78.6 Å². The summed E-state index contributed by atoms with van der Waals surface area (Å²) in [6.07, 6.45) is 5.74. The Balaban J connectivity index is 2.13. The van der Waals surface area contributed by atoms with Crippen molar-refractivity contribution in [3.63, 3.8) is 0 Å². The van der Waals surface area contributed by atoms with Gasteiger partial charge in [0.2, 0.25) is 0 Å². The van der Waals surface area contributed by atoms with E-state index in [4.69, 9.17) is 5.73 Å². The maximum Gasteiger partial charge on any atom is 0.114 e. The lowest BCUT2D eigenvalue weighted by atomic mass is 10.0. The molecule has 1 aromatic rings. The van der Waals surface area contributed by atoms with Crippen LogP contribution in [-0.2, 0) is 0 Å². The molecular formula is C10H14N3. The first-order valence-electron chi connectivity index (χ1n) is 4.54. The van der Waals surface area contributed by atoms with E-state index in [1.54, 1.807) is 6.20 Å². The predicted molar refractivity (Wildman–Crippen MR) is 52.5 cm³/mol. The summed E-state index contributed by atoms with van der Waals surface area (Å²) in [5.41, 5.74) is 7.03. The minimum absolute atomic E-state index is 0.0519. The number of anilines is 1. The van der Waals surface area contributed by atoms with E-state index in [0.29, 0.717) is 0 Å². The highest BCUT2D eigenvalue weighted by atomic mass is 15.2. The number of aromatic nitrogens is 1. The molecule has 2 N–H and O–H groups in total. The van der Waals surface area contributed by atoms with Gasteiger partial charge in [-0.3, -0.25) is 4.98 Å². The molecule has 3 heteroatoms. The van der Waals surface area contributed by atoms with E-state index < -0.39 is 0 Å². The SMILES string of the molecule is CC1(N)CCN(c2[c]nccc2)C1. The standard InChI is InChI=1S/C10H14N3/c1-10(11)4-6-13(8-10)9-3-2-5-12-7-9/h2-3,5H,4,6,8,11H2,1H3. The van der Waals surface area contributed by atoms with Gasteiger partial charge < -0.3 is 10.6 Å². The third kappa shape index (κ3) is 1.80. The topological polar surface area (TPSA) is 42.1 Å². The number of hydrogen-bond donors (Lipinski definition) is 1. The molecule has 69 valence electrons. The molecule has 0 aromatic carbocycles. The molecule has 0 aliphatic carbocycles. The van der Waals surface area contributed by atoms with Crippen LogP contribution >= 0.6 is 0 Å². The monoisotopic (exact) mass is 176 g/mol. The number of nitrogens with zero attached hydrogens (tertiary/aromatic N) is 2. The fourth-order valence-electron chi connectivity index (χ4n) is 1.68. The molecule has 0 spiro atoms. The van der Waals surface area contributed by atoms with Crippen molar-refractivity contribution in [1.82, 2.24) is 4.98 Å². The van der Waals surface area contributed by atoms with Gasteiger partial charge in [-0.05, 0) is 25.5 Å². The summed E-state index contributed by atoms with van der Waals surface area (Å²) < 4.78 is 0. The molecule has 0 saturated carbocycles. The van der Waals surface area contributed by atoms with Gasteiger partial charge in [-0.1, -0.05) is 0 Å². The van der Waals surface area contributed by atoms with Gasteiger partial charge in [-0.2, -0.15) is 0 Å². The van der Waals surface area contributed by atoms with Crippen LogP contribution in [-0.4, -0.2) is 23.6 Å². The fourth-order valence-corrected chi connectivity index (χ4v) is 1.68. The molecule has 1 atom stereocenters. The van der Waals surface area contributed by atoms with Gasteiger partial charge in [0.1, 0.15) is 6.20 Å². The summed E-state index contributed by atoms with van der Waals surface area (Å²) in [5.74, 6) is 0. The van der Waals surface area contributed by atoms with Crippen molar-refractivity contribution in [3.8, 4) is 0 Å². The summed E-state index contributed by atoms with van der Waals surface area (Å²) in [4.78, 5) is 6.20. The summed E-state index contributed by atoms with van der Waals surface area (Å²) in [7, 11) is 0. The molecule has 1 radical (unpaired) electrons. The highest BCUT2D eigenvalue weighted by Crippen LogP contribution is 2.23. The van der Waals surface area contributed by atoms with E-state index >= 15 is 0 Å². The van der Waals surface area contributed by atoms with Gasteiger partial charge in [-0.15, -0.1) is 0 Å². The van der Waals surface area contributed by atoms with Crippen molar-refractivity contribution in [1.29, 1.82) is 0 Å². The minimum Gasteiger partial charge on any atom is -0.368 e. The van der Waals surface area contributed by atoms with Crippen molar-refractivity contribution in [2.75, 3.05) is 18.0 Å². The zero-order chi connectivity index (χ0) is 9.31. The van der Waals surface area contributed by atoms with Crippen LogP contribution in [0.15, 0.2) is 18.3 Å². The van der Waals surface area contributed by atoms with E-state index in [2.05, 4.69) is 23.0 Å². The second kappa shape index (κ2) is 3.00. The largest absolute Gasteiger partial charge is 0.368 e. The molecule has 2 heterocycles. The second-order valence-electron chi connectivity index (χ2n) is 3.96. The normalized spacial score (nSPS) is 28.0. The molecule has 1 unspecified atom stereocenters. The van der Waals surface area contributed by atoms with Crippen molar-refractivity contribution >= 4 is 5.69 Å². The van der Waals surface area contributed by atoms with Crippen LogP contribution in [0.5, 0.6) is 0 Å². The summed E-state index contributed by atoms with van der Waals surface area (Å²) in [6.45, 7) is 3.99. The quantitative estimate of drug-likeness (QED) is 0.688. The van der Waals surface area contributed by atoms with Crippen molar-refractivity contribution < 1.29 is 0 Å². The van der Waals surface area contributed by atoms with Crippen molar-refractivity contribution in [2.24, 2.45) is 5.73 Å². The van der Waals surface area contributed by atoms with Gasteiger partial charge >= 0.3 is 0 Å². The molecular weight excluding hydrogens is 162 g/mol. The first kappa shape index (κ1) is 8.51. The Morgan fingerprint density at radius 2 is 2.54 bits per heavy atom. The van der Waals surface area contributed by atoms with Crippen molar-refractivity contribution in [3.05, 3.63) is 24.5 Å². The smallest absolute Gasteiger partial charge is 0.114 e. The van der Waals surface area contributed by atoms with Crippen LogP contribution in [0, 0.1) is 6.20 Å². The van der Waals surface area contributed by atoms with E-state index in [9.17, 15) is 0 Å². The Hall–Kier alpha value is -1.09. The Kier molecular flexibility index (Phi) is 1.96. The lowest BCUT2D eigenvalue weighted by Gasteiger charge is -2.20. The lowest BCUT2D eigenvalue weighted by molar-refractivity contribution is 0.525. The van der Waals surface area contributed by atoms with Crippen molar-refractivity contribution in [2.45, 2.75) is 18.9 Å². The van der Waals surface area contributed by atoms with Crippen LogP contribution in [0.2, 0.25) is 0 Å². The number of hydrogen-bond acceptors (Lipinski definition) is 3. The van der Waals surface area contributed by atoms with Gasteiger partial charge in [-0.25, -0.2) is 0 Å². The number of pyridine rings is 1. The van der Waals surface area contributed by atoms with E-state index in [0.717, 1.165) is 25.2 Å². The fraction of sp³-hybridized carbons (Fsp3) is 0.500. The summed E-state index contributed by atoms with van der Waals surface area (Å²) in [6, 6.07) is 3.95. The highest BCUT2D eigenvalue weighted by Gasteiger charge is 2.29. The third-order valence-corrected chi connectivity index (χ3v) is 2.44. The van der Waals surface area contributed by atoms with Gasteiger partial charge in [0.05, 0.1) is 5.69 Å². The van der Waals surface area contributed by atoms with Crippen LogP contribution in [0.1, 0.15) is 13.3 Å². The molecule has 1 fully saturated rings. The first-order valence-corrected chi connectivity index (χ1v) is 4.54. The Bertz CT molecular complexity index is 281. The number of rotatable bonds is 1. The van der Waals surface area contributed by atoms with E-state index in [-0.39, 0.29) is 5.54 Å². The highest BCUT2D eigenvalue weighted by molar-refractivity contribution is 5.44. The maximum absolute atomic E-state index is 6.03. The minimum atomic E-state index is -0.0519. The molecule has 1 aromatic heterocycles. The Morgan fingerprint density at radius 3 is 3.08 bits per heavy atom. The Morgan fingerprint density at radius 1 is 1.69 bits per heavy atom. The molecule has 13 heavy (non-hydrogen) atoms. The maximum atomic E-state index is 6.03. The molecule has 3 nitrogen and oxygen atoms in total. The molecule has 2 rings (SSSR count). The first-order chi connectivity index (χ1) is 6.17. The van der Waals surface area contributed by atoms with E-state index in [1.807, 2.05) is 12.1 Å². The summed E-state index contributed by atoms with van der Waals surface area (Å²) >= 11 is 0. The third-order valence-electron chi connectivity index (χ3n) is 2.44. The summed E-state index contributed by atoms with van der Waals surface area (Å²) in [5, 5.41) is 0. The molecule has 0 amide bonds. The van der Waals surface area contributed by atoms with Crippen LogP contribution in [0.25, 0.3) is 0 Å². The van der Waals surface area contributed by atoms with E-state index in [1.165, 1.54) is 0 Å². The zero-order valence-corrected chi connectivity index (χ0v) is 7.83. The molecule has 1 aliphatic heterocycles.